The number of rotatable bonds is 6. The van der Waals surface area contributed by atoms with E-state index in [1.807, 2.05) is 20.8 Å². The van der Waals surface area contributed by atoms with Crippen molar-refractivity contribution in [3.8, 4) is 0 Å². The summed E-state index contributed by atoms with van der Waals surface area (Å²) >= 11 is 0. The minimum atomic E-state index is -3.71. The first-order valence-corrected chi connectivity index (χ1v) is 9.71. The van der Waals surface area contributed by atoms with E-state index in [2.05, 4.69) is 4.72 Å². The van der Waals surface area contributed by atoms with Crippen LogP contribution in [0.2, 0.25) is 0 Å². The normalized spacial score (nSPS) is 17.0. The number of hydrogen-bond donors (Lipinski definition) is 2. The first kappa shape index (κ1) is 18.9. The van der Waals surface area contributed by atoms with Crippen LogP contribution in [-0.4, -0.2) is 33.0 Å². The fourth-order valence-electron chi connectivity index (χ4n) is 3.30. The quantitative estimate of drug-likeness (QED) is 0.813. The summed E-state index contributed by atoms with van der Waals surface area (Å²) in [5, 5.41) is 0. The summed E-state index contributed by atoms with van der Waals surface area (Å²) in [6.07, 6.45) is 1.39. The summed E-state index contributed by atoms with van der Waals surface area (Å²) in [7, 11) is -3.71. The lowest BCUT2D eigenvalue weighted by Crippen LogP contribution is -2.52. The third-order valence-electron chi connectivity index (χ3n) is 4.33. The van der Waals surface area contributed by atoms with Crippen molar-refractivity contribution in [2.24, 2.45) is 11.7 Å². The molecule has 2 rings (SSSR count). The number of sulfonamides is 1. The summed E-state index contributed by atoms with van der Waals surface area (Å²) < 4.78 is 28.3. The van der Waals surface area contributed by atoms with Crippen LogP contribution in [0.1, 0.15) is 39.7 Å². The van der Waals surface area contributed by atoms with Crippen molar-refractivity contribution in [3.05, 3.63) is 23.8 Å². The minimum absolute atomic E-state index is 0.0807. The number of hydrogen-bond acceptors (Lipinski definition) is 4. The molecule has 0 spiro atoms. The summed E-state index contributed by atoms with van der Waals surface area (Å²) in [5.74, 6) is 0.234. The van der Waals surface area contributed by atoms with Crippen molar-refractivity contribution in [3.63, 3.8) is 0 Å². The van der Waals surface area contributed by atoms with Crippen molar-refractivity contribution in [2.45, 2.75) is 51.0 Å². The first-order valence-electron chi connectivity index (χ1n) is 8.23. The minimum Gasteiger partial charge on any atom is -0.329 e. The van der Waals surface area contributed by atoms with Crippen LogP contribution in [0.4, 0.5) is 5.69 Å². The van der Waals surface area contributed by atoms with Gasteiger partial charge in [-0.25, -0.2) is 13.1 Å². The maximum absolute atomic E-state index is 12.8. The highest BCUT2D eigenvalue weighted by Crippen LogP contribution is 2.31. The highest BCUT2D eigenvalue weighted by molar-refractivity contribution is 7.89. The first-order chi connectivity index (χ1) is 11.1. The van der Waals surface area contributed by atoms with E-state index in [4.69, 9.17) is 5.73 Å². The van der Waals surface area contributed by atoms with E-state index in [1.54, 1.807) is 23.1 Å². The maximum atomic E-state index is 12.8. The number of fused-ring (bicyclic) bond motifs is 1. The van der Waals surface area contributed by atoms with Gasteiger partial charge in [-0.05, 0) is 43.4 Å². The molecule has 1 aromatic rings. The molecule has 0 fully saturated rings. The number of carbonyl (C=O) groups excluding carboxylic acids is 1. The Morgan fingerprint density at radius 3 is 2.62 bits per heavy atom. The van der Waals surface area contributed by atoms with Crippen LogP contribution >= 0.6 is 0 Å². The van der Waals surface area contributed by atoms with Gasteiger partial charge in [-0.15, -0.1) is 0 Å². The SMILES string of the molecule is CC(=O)N1CCc2ccc(S(=O)(=O)NC(C)(CN)CC(C)C)cc21. The van der Waals surface area contributed by atoms with Crippen LogP contribution in [-0.2, 0) is 21.2 Å². The van der Waals surface area contributed by atoms with Crippen molar-refractivity contribution in [2.75, 3.05) is 18.0 Å². The Morgan fingerprint density at radius 1 is 1.42 bits per heavy atom. The van der Waals surface area contributed by atoms with Crippen LogP contribution in [0, 0.1) is 5.92 Å². The average molecular weight is 353 g/mol. The molecule has 6 nitrogen and oxygen atoms in total. The Morgan fingerprint density at radius 2 is 2.08 bits per heavy atom. The van der Waals surface area contributed by atoms with Crippen LogP contribution in [0.15, 0.2) is 23.1 Å². The van der Waals surface area contributed by atoms with Gasteiger partial charge in [0.05, 0.1) is 4.90 Å². The number of carbonyl (C=O) groups is 1. The zero-order valence-corrected chi connectivity index (χ0v) is 15.6. The molecule has 1 aliphatic rings. The van der Waals surface area contributed by atoms with Crippen molar-refractivity contribution in [1.82, 2.24) is 4.72 Å². The Bertz CT molecular complexity index is 731. The standard InChI is InChI=1S/C17H27N3O3S/c1-12(2)10-17(4,11-18)19-24(22,23)15-6-5-14-7-8-20(13(3)21)16(14)9-15/h5-6,9,12,19H,7-8,10-11,18H2,1-4H3. The van der Waals surface area contributed by atoms with Gasteiger partial charge in [-0.1, -0.05) is 19.9 Å². The average Bonchev–Trinajstić information content (AvgIpc) is 2.88. The fourth-order valence-corrected chi connectivity index (χ4v) is 4.75. The molecule has 0 saturated carbocycles. The lowest BCUT2D eigenvalue weighted by atomic mass is 9.92. The molecule has 7 heteroatoms. The largest absolute Gasteiger partial charge is 0.329 e. The van der Waals surface area contributed by atoms with Crippen molar-refractivity contribution < 1.29 is 13.2 Å². The van der Waals surface area contributed by atoms with E-state index in [0.29, 0.717) is 24.6 Å². The number of nitrogens with two attached hydrogens (primary N) is 1. The molecule has 134 valence electrons. The molecule has 0 aromatic heterocycles. The molecule has 24 heavy (non-hydrogen) atoms. The highest BCUT2D eigenvalue weighted by atomic mass is 32.2. The second-order valence-electron chi connectivity index (χ2n) is 7.18. The molecule has 1 unspecified atom stereocenters. The van der Waals surface area contributed by atoms with Gasteiger partial charge in [0.2, 0.25) is 15.9 Å². The molecule has 1 heterocycles. The Balaban J connectivity index is 2.34. The van der Waals surface area contributed by atoms with Gasteiger partial charge >= 0.3 is 0 Å². The number of anilines is 1. The smallest absolute Gasteiger partial charge is 0.241 e. The lowest BCUT2D eigenvalue weighted by Gasteiger charge is -2.31. The van der Waals surface area contributed by atoms with E-state index in [9.17, 15) is 13.2 Å². The number of nitrogens with zero attached hydrogens (tertiary/aromatic N) is 1. The number of benzene rings is 1. The molecule has 0 aliphatic carbocycles. The topological polar surface area (TPSA) is 92.5 Å². The molecule has 1 amide bonds. The highest BCUT2D eigenvalue weighted by Gasteiger charge is 2.31. The third kappa shape index (κ3) is 3.96. The predicted molar refractivity (Wildman–Crippen MR) is 95.4 cm³/mol. The molecule has 0 radical (unpaired) electrons. The second-order valence-corrected chi connectivity index (χ2v) is 8.86. The Kier molecular flexibility index (Phi) is 5.37. The fraction of sp³-hybridized carbons (Fsp3) is 0.588. The van der Waals surface area contributed by atoms with E-state index in [1.165, 1.54) is 6.92 Å². The summed E-state index contributed by atoms with van der Waals surface area (Å²) in [4.78, 5) is 13.5. The van der Waals surface area contributed by atoms with Gasteiger partial charge in [0.25, 0.3) is 0 Å². The van der Waals surface area contributed by atoms with E-state index in [0.717, 1.165) is 12.0 Å². The zero-order chi connectivity index (χ0) is 18.1. The molecule has 1 atom stereocenters. The Hall–Kier alpha value is -1.44. The van der Waals surface area contributed by atoms with E-state index in [-0.39, 0.29) is 17.3 Å². The van der Waals surface area contributed by atoms with Gasteiger partial charge in [0, 0.05) is 31.2 Å². The zero-order valence-electron chi connectivity index (χ0n) is 14.8. The lowest BCUT2D eigenvalue weighted by molar-refractivity contribution is -0.116. The summed E-state index contributed by atoms with van der Waals surface area (Å²) in [6, 6.07) is 4.96. The van der Waals surface area contributed by atoms with Gasteiger partial charge in [0.1, 0.15) is 0 Å². The predicted octanol–water partition coefficient (Wildman–Crippen LogP) is 1.64. The number of amides is 1. The van der Waals surface area contributed by atoms with Crippen LogP contribution < -0.4 is 15.4 Å². The summed E-state index contributed by atoms with van der Waals surface area (Å²) in [5.41, 5.74) is 6.79. The second kappa shape index (κ2) is 6.82. The van der Waals surface area contributed by atoms with Gasteiger partial charge in [-0.3, -0.25) is 4.79 Å². The van der Waals surface area contributed by atoms with Gasteiger partial charge < -0.3 is 10.6 Å². The van der Waals surface area contributed by atoms with E-state index < -0.39 is 15.6 Å². The van der Waals surface area contributed by atoms with Crippen LogP contribution in [0.3, 0.4) is 0 Å². The maximum Gasteiger partial charge on any atom is 0.241 e. The molecule has 1 aliphatic heterocycles. The van der Waals surface area contributed by atoms with E-state index >= 15 is 0 Å². The molecule has 1 aromatic carbocycles. The molecule has 3 N–H and O–H groups in total. The molecular formula is C17H27N3O3S. The monoisotopic (exact) mass is 353 g/mol. The molecular weight excluding hydrogens is 326 g/mol. The van der Waals surface area contributed by atoms with Gasteiger partial charge in [0.15, 0.2) is 0 Å². The van der Waals surface area contributed by atoms with Crippen LogP contribution in [0.5, 0.6) is 0 Å². The van der Waals surface area contributed by atoms with Crippen molar-refractivity contribution in [1.29, 1.82) is 0 Å². The molecule has 0 saturated heterocycles. The van der Waals surface area contributed by atoms with Crippen molar-refractivity contribution >= 4 is 21.6 Å². The summed E-state index contributed by atoms with van der Waals surface area (Å²) in [6.45, 7) is 8.18. The number of nitrogens with one attached hydrogen (secondary N) is 1. The van der Waals surface area contributed by atoms with Gasteiger partial charge in [-0.2, -0.15) is 0 Å². The third-order valence-corrected chi connectivity index (χ3v) is 5.97. The Labute approximate surface area is 144 Å². The molecule has 0 bridgehead atoms. The van der Waals surface area contributed by atoms with Crippen LogP contribution in [0.25, 0.3) is 0 Å².